The van der Waals surface area contributed by atoms with Crippen LogP contribution in [0.25, 0.3) is 0 Å². The summed E-state index contributed by atoms with van der Waals surface area (Å²) in [4.78, 5) is 42.9. The maximum absolute atomic E-state index is 13.8. The van der Waals surface area contributed by atoms with Crippen LogP contribution in [0.4, 0.5) is 8.78 Å². The lowest BCUT2D eigenvalue weighted by Crippen LogP contribution is -2.60. The van der Waals surface area contributed by atoms with Crippen LogP contribution in [0.5, 0.6) is 5.75 Å². The van der Waals surface area contributed by atoms with E-state index < -0.39 is 45.9 Å². The highest BCUT2D eigenvalue weighted by Gasteiger charge is 2.65. The Labute approximate surface area is 195 Å². The summed E-state index contributed by atoms with van der Waals surface area (Å²) in [6.45, 7) is 4.07. The molecule has 1 unspecified atom stereocenters. The monoisotopic (exact) mass is 474 g/mol. The van der Waals surface area contributed by atoms with E-state index in [1.54, 1.807) is 4.90 Å². The summed E-state index contributed by atoms with van der Waals surface area (Å²) in [5.74, 6) is -2.53. The summed E-state index contributed by atoms with van der Waals surface area (Å²) in [7, 11) is 1.81. The van der Waals surface area contributed by atoms with Crippen molar-refractivity contribution in [2.24, 2.45) is 17.8 Å². The smallest absolute Gasteiger partial charge is 0.275 e. The summed E-state index contributed by atoms with van der Waals surface area (Å²) < 4.78 is 26.8. The Morgan fingerprint density at radius 2 is 2.06 bits per heavy atom. The van der Waals surface area contributed by atoms with E-state index in [9.17, 15) is 28.3 Å². The number of carbonyl (C=O) groups excluding carboxylic acids is 2. The average Bonchev–Trinajstić information content (AvgIpc) is 3.29. The number of halogens is 2. The van der Waals surface area contributed by atoms with E-state index in [-0.39, 0.29) is 17.8 Å². The number of rotatable bonds is 7. The van der Waals surface area contributed by atoms with Crippen molar-refractivity contribution >= 4 is 11.8 Å². The number of benzene rings is 1. The second-order valence-electron chi connectivity index (χ2n) is 8.98. The number of nitrogens with one attached hydrogen (secondary N) is 3. The first-order valence-corrected chi connectivity index (χ1v) is 11.3. The highest BCUT2D eigenvalue weighted by molar-refractivity contribution is 5.98. The van der Waals surface area contributed by atoms with Crippen molar-refractivity contribution in [2.75, 3.05) is 13.6 Å². The van der Waals surface area contributed by atoms with Crippen LogP contribution in [-0.2, 0) is 6.54 Å². The van der Waals surface area contributed by atoms with E-state index in [0.29, 0.717) is 30.4 Å². The molecule has 4 N–H and O–H groups in total. The van der Waals surface area contributed by atoms with Crippen LogP contribution >= 0.6 is 0 Å². The first-order valence-electron chi connectivity index (χ1n) is 11.3. The van der Waals surface area contributed by atoms with Crippen molar-refractivity contribution in [1.29, 1.82) is 0 Å². The summed E-state index contributed by atoms with van der Waals surface area (Å²) in [5.41, 5.74) is -2.27. The lowest BCUT2D eigenvalue weighted by Gasteiger charge is -2.43. The fourth-order valence-corrected chi connectivity index (χ4v) is 5.60. The molecule has 0 spiro atoms. The van der Waals surface area contributed by atoms with Crippen molar-refractivity contribution in [3.05, 3.63) is 63.1 Å². The maximum atomic E-state index is 13.8. The van der Waals surface area contributed by atoms with Gasteiger partial charge >= 0.3 is 0 Å². The zero-order chi connectivity index (χ0) is 24.8. The van der Waals surface area contributed by atoms with Gasteiger partial charge in [0, 0.05) is 36.8 Å². The molecule has 1 heterocycles. The Hall–Kier alpha value is -3.27. The number of aromatic hydroxyl groups is 1. The molecular weight excluding hydrogens is 446 g/mol. The van der Waals surface area contributed by atoms with E-state index in [1.807, 2.05) is 14.0 Å². The molecule has 0 radical (unpaired) electrons. The fraction of sp³-hybridized carbons (Fsp3) is 0.458. The van der Waals surface area contributed by atoms with E-state index in [4.69, 9.17) is 0 Å². The van der Waals surface area contributed by atoms with E-state index >= 15 is 0 Å². The maximum Gasteiger partial charge on any atom is 0.275 e. The minimum Gasteiger partial charge on any atom is -0.503 e. The number of aromatic amines is 1. The van der Waals surface area contributed by atoms with E-state index in [2.05, 4.69) is 22.5 Å². The Bertz CT molecular complexity index is 1200. The van der Waals surface area contributed by atoms with Gasteiger partial charge in [-0.3, -0.25) is 19.7 Å². The molecule has 2 amide bonds. The van der Waals surface area contributed by atoms with Gasteiger partial charge in [-0.05, 0) is 44.7 Å². The van der Waals surface area contributed by atoms with Crippen molar-refractivity contribution in [2.45, 2.75) is 38.9 Å². The quantitative estimate of drug-likeness (QED) is 0.460. The molecule has 34 heavy (non-hydrogen) atoms. The minimum atomic E-state index is -1.02. The third kappa shape index (κ3) is 3.75. The number of pyridine rings is 1. The number of aromatic nitrogens is 1. The normalized spacial score (nSPS) is 25.0. The number of carbonyl (C=O) groups is 2. The number of H-pyrrole nitrogens is 1. The molecule has 1 aromatic heterocycles. The van der Waals surface area contributed by atoms with Crippen LogP contribution < -0.4 is 16.1 Å². The molecule has 2 aliphatic rings. The molecule has 0 saturated heterocycles. The van der Waals surface area contributed by atoms with Gasteiger partial charge in [0.15, 0.2) is 11.4 Å². The molecule has 1 aromatic carbocycles. The summed E-state index contributed by atoms with van der Waals surface area (Å²) in [5, 5.41) is 16.2. The Morgan fingerprint density at radius 3 is 2.65 bits per heavy atom. The largest absolute Gasteiger partial charge is 0.503 e. The SMILES string of the molecule is CCN(C(=O)c1[nH]cc(C(=O)NCc2ccc(F)cc2F)c(=O)c1O)C1(NC)CC[C@@H]2[C@H](C)[C@@H]21. The van der Waals surface area contributed by atoms with E-state index in [1.165, 1.54) is 6.07 Å². The Morgan fingerprint density at radius 1 is 1.32 bits per heavy atom. The van der Waals surface area contributed by atoms with E-state index in [0.717, 1.165) is 25.1 Å². The number of hydrogen-bond acceptors (Lipinski definition) is 5. The predicted octanol–water partition coefficient (Wildman–Crippen LogP) is 2.34. The lowest BCUT2D eigenvalue weighted by atomic mass is 9.97. The van der Waals surface area contributed by atoms with Crippen molar-refractivity contribution in [3.8, 4) is 5.75 Å². The second-order valence-corrected chi connectivity index (χ2v) is 8.98. The number of hydrogen-bond donors (Lipinski definition) is 4. The lowest BCUT2D eigenvalue weighted by molar-refractivity contribution is 0.0300. The summed E-state index contributed by atoms with van der Waals surface area (Å²) >= 11 is 0. The van der Waals surface area contributed by atoms with Crippen LogP contribution in [0.3, 0.4) is 0 Å². The Kier molecular flexibility index (Phi) is 6.20. The van der Waals surface area contributed by atoms with Gasteiger partial charge in [0.25, 0.3) is 11.8 Å². The van der Waals surface area contributed by atoms with Gasteiger partial charge in [0.2, 0.25) is 5.43 Å². The van der Waals surface area contributed by atoms with Gasteiger partial charge in [-0.1, -0.05) is 13.0 Å². The minimum absolute atomic E-state index is 0.0299. The fourth-order valence-electron chi connectivity index (χ4n) is 5.60. The van der Waals surface area contributed by atoms with Crippen LogP contribution in [0.1, 0.15) is 53.1 Å². The van der Waals surface area contributed by atoms with Gasteiger partial charge in [-0.2, -0.15) is 0 Å². The van der Waals surface area contributed by atoms with Crippen LogP contribution in [-0.4, -0.2) is 46.1 Å². The zero-order valence-electron chi connectivity index (χ0n) is 19.2. The molecule has 182 valence electrons. The third-order valence-corrected chi connectivity index (χ3v) is 7.42. The molecule has 0 aliphatic heterocycles. The zero-order valence-corrected chi connectivity index (χ0v) is 19.2. The van der Waals surface area contributed by atoms with Crippen molar-refractivity contribution in [1.82, 2.24) is 20.5 Å². The summed E-state index contributed by atoms with van der Waals surface area (Å²) in [6, 6.07) is 2.92. The van der Waals surface area contributed by atoms with Crippen LogP contribution in [0, 0.1) is 29.4 Å². The molecule has 10 heteroatoms. The van der Waals surface area contributed by atoms with Crippen LogP contribution in [0.15, 0.2) is 29.2 Å². The standard InChI is InChI=1S/C24H28F2N4O4/c1-4-30(24(27-3)8-7-15-12(2)18(15)24)23(34)19-21(32)20(31)16(11-28-19)22(33)29-10-13-5-6-14(25)9-17(13)26/h5-6,9,11-12,15,18,27,32H,4,7-8,10H2,1-3H3,(H,28,31)(H,29,33)/t12-,15+,18-,24?/m0/s1. The molecule has 0 bridgehead atoms. The Balaban J connectivity index is 1.55. The third-order valence-electron chi connectivity index (χ3n) is 7.42. The molecule has 2 saturated carbocycles. The van der Waals surface area contributed by atoms with Gasteiger partial charge < -0.3 is 20.3 Å². The molecule has 2 aliphatic carbocycles. The molecule has 2 fully saturated rings. The first kappa shape index (κ1) is 23.9. The molecule has 4 atom stereocenters. The number of nitrogens with zero attached hydrogens (tertiary/aromatic N) is 1. The molecule has 4 rings (SSSR count). The predicted molar refractivity (Wildman–Crippen MR) is 120 cm³/mol. The van der Waals surface area contributed by atoms with Crippen LogP contribution in [0.2, 0.25) is 0 Å². The van der Waals surface area contributed by atoms with Gasteiger partial charge in [-0.25, -0.2) is 8.78 Å². The number of amides is 2. The molecule has 8 nitrogen and oxygen atoms in total. The first-order chi connectivity index (χ1) is 16.2. The van der Waals surface area contributed by atoms with Crippen molar-refractivity contribution in [3.63, 3.8) is 0 Å². The molecular formula is C24H28F2N4O4. The van der Waals surface area contributed by atoms with Gasteiger partial charge in [0.1, 0.15) is 17.2 Å². The topological polar surface area (TPSA) is 115 Å². The summed E-state index contributed by atoms with van der Waals surface area (Å²) in [6.07, 6.45) is 2.82. The van der Waals surface area contributed by atoms with Gasteiger partial charge in [-0.15, -0.1) is 0 Å². The second kappa shape index (κ2) is 8.83. The highest BCUT2D eigenvalue weighted by atomic mass is 19.1. The highest BCUT2D eigenvalue weighted by Crippen LogP contribution is 2.62. The molecule has 2 aromatic rings. The van der Waals surface area contributed by atoms with Gasteiger partial charge in [0.05, 0.1) is 5.66 Å². The number of fused-ring (bicyclic) bond motifs is 1. The van der Waals surface area contributed by atoms with Crippen molar-refractivity contribution < 1.29 is 23.5 Å². The average molecular weight is 475 g/mol.